The number of hydrogen-bond acceptors (Lipinski definition) is 6. The highest BCUT2D eigenvalue weighted by Crippen LogP contribution is 2.18. The summed E-state index contributed by atoms with van der Waals surface area (Å²) in [5, 5.41) is 10.6. The quantitative estimate of drug-likeness (QED) is 0.446. The molecule has 0 radical (unpaired) electrons. The number of carbonyl (C=O) groups excluding carboxylic acids is 1. The van der Waals surface area contributed by atoms with Crippen molar-refractivity contribution < 1.29 is 14.5 Å². The number of rotatable bonds is 7. The topological polar surface area (TPSA) is 98.3 Å². The first-order valence-corrected chi connectivity index (χ1v) is 8.42. The molecular formula is C20H24N4O3. The molecule has 0 aliphatic carbocycles. The van der Waals surface area contributed by atoms with Crippen LogP contribution < -0.4 is 11.1 Å². The van der Waals surface area contributed by atoms with E-state index in [1.807, 2.05) is 50.2 Å². The summed E-state index contributed by atoms with van der Waals surface area (Å²) in [6.07, 6.45) is 0. The number of nitrogens with zero attached hydrogens (tertiary/aromatic N) is 2. The van der Waals surface area contributed by atoms with Crippen molar-refractivity contribution >= 4 is 23.0 Å². The number of nitrogens with one attached hydrogen (secondary N) is 1. The number of aryl methyl sites for hydroxylation is 1. The summed E-state index contributed by atoms with van der Waals surface area (Å²) < 4.78 is 0. The van der Waals surface area contributed by atoms with Crippen LogP contribution in [0.25, 0.3) is 0 Å². The monoisotopic (exact) mass is 368 g/mol. The minimum atomic E-state index is -0.342. The molecule has 0 aliphatic rings. The van der Waals surface area contributed by atoms with E-state index >= 15 is 0 Å². The van der Waals surface area contributed by atoms with Crippen LogP contribution in [0.5, 0.6) is 0 Å². The van der Waals surface area contributed by atoms with E-state index in [1.165, 1.54) is 7.11 Å². The molecule has 0 aromatic heterocycles. The van der Waals surface area contributed by atoms with Crippen LogP contribution >= 0.6 is 0 Å². The van der Waals surface area contributed by atoms with Crippen molar-refractivity contribution in [1.29, 1.82) is 0 Å². The van der Waals surface area contributed by atoms with Crippen LogP contribution in [0.4, 0.5) is 5.69 Å². The number of nitrogens with two attached hydrogens (primary N) is 1. The lowest BCUT2D eigenvalue weighted by Crippen LogP contribution is -2.29. The first-order valence-electron chi connectivity index (χ1n) is 8.42. The minimum Gasteiger partial charge on any atom is -0.399 e. The fraction of sp³-hybridized carbons (Fsp3) is 0.250. The molecular weight excluding hydrogens is 344 g/mol. The van der Waals surface area contributed by atoms with Crippen molar-refractivity contribution in [2.45, 2.75) is 20.5 Å². The molecule has 0 unspecified atom stereocenters. The van der Waals surface area contributed by atoms with Gasteiger partial charge in [0.25, 0.3) is 5.91 Å². The Kier molecular flexibility index (Phi) is 6.93. The Morgan fingerprint density at radius 2 is 1.85 bits per heavy atom. The van der Waals surface area contributed by atoms with Crippen molar-refractivity contribution in [2.75, 3.05) is 19.9 Å². The SMILES string of the molecule is CNC(=O)/C(=N/OC)c1cccc(C)c1CO/N=C(\C)c1ccc(N)cc1. The number of benzene rings is 2. The molecule has 1 amide bonds. The van der Waals surface area contributed by atoms with Gasteiger partial charge < -0.3 is 20.7 Å². The molecule has 0 saturated heterocycles. The molecule has 7 nitrogen and oxygen atoms in total. The molecule has 0 bridgehead atoms. The largest absolute Gasteiger partial charge is 0.399 e. The molecule has 0 atom stereocenters. The second-order valence-electron chi connectivity index (χ2n) is 5.87. The second kappa shape index (κ2) is 9.38. The molecule has 2 rings (SSSR count). The van der Waals surface area contributed by atoms with Gasteiger partial charge in [-0.25, -0.2) is 0 Å². The van der Waals surface area contributed by atoms with E-state index in [0.29, 0.717) is 11.3 Å². The van der Waals surface area contributed by atoms with Gasteiger partial charge in [0.05, 0.1) is 5.71 Å². The molecule has 0 fully saturated rings. The normalized spacial score (nSPS) is 11.9. The number of anilines is 1. The zero-order valence-corrected chi connectivity index (χ0v) is 15.9. The molecule has 3 N–H and O–H groups in total. The van der Waals surface area contributed by atoms with Gasteiger partial charge in [-0.3, -0.25) is 4.79 Å². The molecule has 0 saturated carbocycles. The zero-order valence-electron chi connectivity index (χ0n) is 15.9. The summed E-state index contributed by atoms with van der Waals surface area (Å²) in [7, 11) is 2.94. The lowest BCUT2D eigenvalue weighted by Gasteiger charge is -2.13. The van der Waals surface area contributed by atoms with Crippen LogP contribution in [0.1, 0.15) is 29.2 Å². The van der Waals surface area contributed by atoms with E-state index in [0.717, 1.165) is 22.4 Å². The van der Waals surface area contributed by atoms with Gasteiger partial charge in [-0.05, 0) is 37.1 Å². The van der Waals surface area contributed by atoms with Crippen LogP contribution in [0.2, 0.25) is 0 Å². The third-order valence-electron chi connectivity index (χ3n) is 4.03. The molecule has 2 aromatic carbocycles. The van der Waals surface area contributed by atoms with E-state index in [1.54, 1.807) is 13.1 Å². The zero-order chi connectivity index (χ0) is 19.8. The van der Waals surface area contributed by atoms with Crippen molar-refractivity contribution in [2.24, 2.45) is 10.3 Å². The van der Waals surface area contributed by atoms with Gasteiger partial charge in [0.2, 0.25) is 0 Å². The first-order chi connectivity index (χ1) is 13.0. The van der Waals surface area contributed by atoms with Gasteiger partial charge in [-0.15, -0.1) is 0 Å². The minimum absolute atomic E-state index is 0.182. The predicted octanol–water partition coefficient (Wildman–Crippen LogP) is 2.61. The van der Waals surface area contributed by atoms with Gasteiger partial charge in [0.1, 0.15) is 13.7 Å². The average molecular weight is 368 g/mol. The lowest BCUT2D eigenvalue weighted by molar-refractivity contribution is -0.114. The van der Waals surface area contributed by atoms with Crippen molar-refractivity contribution in [1.82, 2.24) is 5.32 Å². The number of hydrogen-bond donors (Lipinski definition) is 2. The fourth-order valence-corrected chi connectivity index (χ4v) is 2.51. The van der Waals surface area contributed by atoms with Gasteiger partial charge in [-0.2, -0.15) is 0 Å². The van der Waals surface area contributed by atoms with E-state index < -0.39 is 0 Å². The summed E-state index contributed by atoms with van der Waals surface area (Å²) in [5.41, 5.74) is 10.6. The maximum atomic E-state index is 12.2. The Labute approximate surface area is 158 Å². The Morgan fingerprint density at radius 1 is 1.15 bits per heavy atom. The lowest BCUT2D eigenvalue weighted by atomic mass is 9.98. The summed E-state index contributed by atoms with van der Waals surface area (Å²) >= 11 is 0. The van der Waals surface area contributed by atoms with Crippen LogP contribution in [-0.4, -0.2) is 31.5 Å². The third-order valence-corrected chi connectivity index (χ3v) is 4.03. The van der Waals surface area contributed by atoms with Crippen molar-refractivity contribution in [3.8, 4) is 0 Å². The highest BCUT2D eigenvalue weighted by molar-refractivity contribution is 6.45. The van der Waals surface area contributed by atoms with E-state index in [4.69, 9.17) is 15.4 Å². The second-order valence-corrected chi connectivity index (χ2v) is 5.87. The Morgan fingerprint density at radius 3 is 2.48 bits per heavy atom. The molecule has 0 heterocycles. The van der Waals surface area contributed by atoms with E-state index in [2.05, 4.69) is 15.6 Å². The molecule has 0 spiro atoms. The predicted molar refractivity (Wildman–Crippen MR) is 107 cm³/mol. The standard InChI is InChI=1S/C20H24N4O3/c1-13-6-5-7-17(19(24-26-4)20(25)22-3)18(13)12-27-23-14(2)15-8-10-16(21)11-9-15/h5-11H,12,21H2,1-4H3,(H,22,25)/b23-14+,24-19+. The Balaban J connectivity index is 2.26. The van der Waals surface area contributed by atoms with Crippen LogP contribution in [-0.2, 0) is 21.1 Å². The van der Waals surface area contributed by atoms with Crippen LogP contribution in [0.15, 0.2) is 52.8 Å². The number of nitrogen functional groups attached to an aromatic ring is 1. The van der Waals surface area contributed by atoms with Crippen molar-refractivity contribution in [3.05, 3.63) is 64.7 Å². The van der Waals surface area contributed by atoms with Gasteiger partial charge in [0, 0.05) is 23.9 Å². The number of carbonyl (C=O) groups is 1. The smallest absolute Gasteiger partial charge is 0.273 e. The first kappa shape index (κ1) is 20.0. The number of oxime groups is 2. The molecule has 7 heteroatoms. The summed E-state index contributed by atoms with van der Waals surface area (Å²) in [5.74, 6) is -0.342. The molecule has 142 valence electrons. The average Bonchev–Trinajstić information content (AvgIpc) is 2.67. The molecule has 2 aromatic rings. The third kappa shape index (κ3) is 5.07. The Bertz CT molecular complexity index is 858. The number of likely N-dealkylation sites (N-methyl/N-ethyl adjacent to an activating group) is 1. The summed E-state index contributed by atoms with van der Waals surface area (Å²) in [6.45, 7) is 3.98. The maximum absolute atomic E-state index is 12.2. The van der Waals surface area contributed by atoms with Gasteiger partial charge >= 0.3 is 0 Å². The number of amides is 1. The molecule has 27 heavy (non-hydrogen) atoms. The van der Waals surface area contributed by atoms with E-state index in [9.17, 15) is 4.79 Å². The van der Waals surface area contributed by atoms with Gasteiger partial charge in [-0.1, -0.05) is 40.6 Å². The fourth-order valence-electron chi connectivity index (χ4n) is 2.51. The summed E-state index contributed by atoms with van der Waals surface area (Å²) in [4.78, 5) is 22.6. The highest BCUT2D eigenvalue weighted by atomic mass is 16.6. The van der Waals surface area contributed by atoms with E-state index in [-0.39, 0.29) is 18.2 Å². The van der Waals surface area contributed by atoms with Gasteiger partial charge in [0.15, 0.2) is 5.71 Å². The van der Waals surface area contributed by atoms with Crippen LogP contribution in [0, 0.1) is 6.92 Å². The highest BCUT2D eigenvalue weighted by Gasteiger charge is 2.19. The molecule has 0 aliphatic heterocycles. The summed E-state index contributed by atoms with van der Waals surface area (Å²) in [6, 6.07) is 13.0. The Hall–Kier alpha value is -3.35. The maximum Gasteiger partial charge on any atom is 0.273 e. The van der Waals surface area contributed by atoms with Crippen molar-refractivity contribution in [3.63, 3.8) is 0 Å². The van der Waals surface area contributed by atoms with Crippen LogP contribution in [0.3, 0.4) is 0 Å².